The summed E-state index contributed by atoms with van der Waals surface area (Å²) < 4.78 is 0. The van der Waals surface area contributed by atoms with E-state index in [1.165, 1.54) is 18.4 Å². The van der Waals surface area contributed by atoms with Gasteiger partial charge in [0.25, 0.3) is 0 Å². The summed E-state index contributed by atoms with van der Waals surface area (Å²) in [6.07, 6.45) is 3.86. The zero-order valence-corrected chi connectivity index (χ0v) is 11.1. The maximum atomic E-state index is 12.2. The van der Waals surface area contributed by atoms with Gasteiger partial charge < -0.3 is 0 Å². The van der Waals surface area contributed by atoms with Gasteiger partial charge in [0.2, 0.25) is 5.91 Å². The number of nitrogens with zero attached hydrogens (tertiary/aromatic N) is 2. The molecule has 2 rings (SSSR count). The van der Waals surface area contributed by atoms with Crippen molar-refractivity contribution in [2.75, 3.05) is 19.6 Å². The van der Waals surface area contributed by atoms with Crippen LogP contribution in [0.1, 0.15) is 31.7 Å². The number of hydrogen-bond donors (Lipinski definition) is 0. The highest BCUT2D eigenvalue weighted by atomic mass is 16.2. The van der Waals surface area contributed by atoms with Gasteiger partial charge in [-0.05, 0) is 31.7 Å². The van der Waals surface area contributed by atoms with Crippen molar-refractivity contribution in [1.82, 2.24) is 10.0 Å². The van der Waals surface area contributed by atoms with Gasteiger partial charge >= 0.3 is 0 Å². The van der Waals surface area contributed by atoms with E-state index in [0.717, 1.165) is 26.1 Å². The van der Waals surface area contributed by atoms with E-state index in [1.54, 1.807) is 0 Å². The monoisotopic (exact) mass is 246 g/mol. The topological polar surface area (TPSA) is 23.6 Å². The van der Waals surface area contributed by atoms with Gasteiger partial charge in [-0.2, -0.15) is 0 Å². The molecule has 1 heterocycles. The van der Waals surface area contributed by atoms with Crippen molar-refractivity contribution in [3.05, 3.63) is 35.9 Å². The first-order valence-corrected chi connectivity index (χ1v) is 6.90. The summed E-state index contributed by atoms with van der Waals surface area (Å²) in [5.41, 5.74) is 1.24. The highest BCUT2D eigenvalue weighted by molar-refractivity contribution is 5.75. The summed E-state index contributed by atoms with van der Waals surface area (Å²) in [4.78, 5) is 12.2. The van der Waals surface area contributed by atoms with Crippen molar-refractivity contribution >= 4 is 5.91 Å². The normalized spacial score (nSPS) is 15.8. The number of benzene rings is 1. The van der Waals surface area contributed by atoms with Crippen LogP contribution < -0.4 is 0 Å². The number of aryl methyl sites for hydroxylation is 1. The van der Waals surface area contributed by atoms with E-state index in [1.807, 2.05) is 23.2 Å². The fraction of sp³-hybridized carbons (Fsp3) is 0.533. The van der Waals surface area contributed by atoms with Gasteiger partial charge in [0, 0.05) is 26.1 Å². The maximum Gasteiger partial charge on any atom is 0.237 e. The standard InChI is InChI=1S/C15H22N2O/c1-2-17(16-12-6-7-13-16)15(18)11-10-14-8-4-3-5-9-14/h3-5,8-9H,2,6-7,10-13H2,1H3. The quantitative estimate of drug-likeness (QED) is 0.797. The predicted octanol–water partition coefficient (Wildman–Crippen LogP) is 2.48. The SMILES string of the molecule is CCN(C(=O)CCc1ccccc1)N1CCCC1. The Labute approximate surface area is 109 Å². The van der Waals surface area contributed by atoms with Gasteiger partial charge in [0.15, 0.2) is 0 Å². The molecule has 0 aliphatic carbocycles. The summed E-state index contributed by atoms with van der Waals surface area (Å²) in [6.45, 7) is 4.90. The zero-order valence-electron chi connectivity index (χ0n) is 11.1. The second-order valence-corrected chi connectivity index (χ2v) is 4.76. The molecule has 3 heteroatoms. The molecule has 0 atom stereocenters. The lowest BCUT2D eigenvalue weighted by molar-refractivity contribution is -0.146. The van der Waals surface area contributed by atoms with E-state index in [4.69, 9.17) is 0 Å². The van der Waals surface area contributed by atoms with Crippen molar-refractivity contribution < 1.29 is 4.79 Å². The third-order valence-corrected chi connectivity index (χ3v) is 3.48. The van der Waals surface area contributed by atoms with Crippen molar-refractivity contribution in [2.45, 2.75) is 32.6 Å². The van der Waals surface area contributed by atoms with Crippen molar-refractivity contribution in [1.29, 1.82) is 0 Å². The molecular weight excluding hydrogens is 224 g/mol. The van der Waals surface area contributed by atoms with Crippen LogP contribution in [0.5, 0.6) is 0 Å². The molecule has 1 aliphatic heterocycles. The number of rotatable bonds is 5. The Hall–Kier alpha value is -1.35. The molecule has 3 nitrogen and oxygen atoms in total. The average Bonchev–Trinajstić information content (AvgIpc) is 2.92. The minimum atomic E-state index is 0.253. The van der Waals surface area contributed by atoms with Crippen LogP contribution >= 0.6 is 0 Å². The van der Waals surface area contributed by atoms with Crippen LogP contribution in [-0.2, 0) is 11.2 Å². The molecule has 0 N–H and O–H groups in total. The second-order valence-electron chi connectivity index (χ2n) is 4.76. The Morgan fingerprint density at radius 3 is 2.50 bits per heavy atom. The first kappa shape index (κ1) is 13.1. The van der Waals surface area contributed by atoms with Crippen LogP contribution in [0, 0.1) is 0 Å². The van der Waals surface area contributed by atoms with E-state index >= 15 is 0 Å². The summed E-state index contributed by atoms with van der Waals surface area (Å²) in [5.74, 6) is 0.253. The lowest BCUT2D eigenvalue weighted by Crippen LogP contribution is -2.44. The lowest BCUT2D eigenvalue weighted by atomic mass is 10.1. The maximum absolute atomic E-state index is 12.2. The van der Waals surface area contributed by atoms with Gasteiger partial charge in [-0.1, -0.05) is 30.3 Å². The van der Waals surface area contributed by atoms with Crippen molar-refractivity contribution in [2.24, 2.45) is 0 Å². The molecule has 1 aromatic rings. The van der Waals surface area contributed by atoms with Gasteiger partial charge in [-0.15, -0.1) is 0 Å². The zero-order chi connectivity index (χ0) is 12.8. The molecule has 1 saturated heterocycles. The van der Waals surface area contributed by atoms with E-state index in [9.17, 15) is 4.79 Å². The largest absolute Gasteiger partial charge is 0.276 e. The van der Waals surface area contributed by atoms with Crippen LogP contribution in [0.2, 0.25) is 0 Å². The van der Waals surface area contributed by atoms with Crippen molar-refractivity contribution in [3.63, 3.8) is 0 Å². The summed E-state index contributed by atoms with van der Waals surface area (Å²) in [6, 6.07) is 10.2. The number of carbonyl (C=O) groups is 1. The predicted molar refractivity (Wildman–Crippen MR) is 73.0 cm³/mol. The Bertz CT molecular complexity index is 371. The van der Waals surface area contributed by atoms with E-state index in [2.05, 4.69) is 24.1 Å². The first-order chi connectivity index (χ1) is 8.81. The van der Waals surface area contributed by atoms with Crippen LogP contribution in [0.3, 0.4) is 0 Å². The number of hydrazine groups is 1. The van der Waals surface area contributed by atoms with Gasteiger partial charge in [-0.25, -0.2) is 5.01 Å². The van der Waals surface area contributed by atoms with Gasteiger partial charge in [0.1, 0.15) is 0 Å². The minimum absolute atomic E-state index is 0.253. The Kier molecular flexibility index (Phi) is 4.76. The highest BCUT2D eigenvalue weighted by Crippen LogP contribution is 2.13. The van der Waals surface area contributed by atoms with E-state index < -0.39 is 0 Å². The smallest absolute Gasteiger partial charge is 0.237 e. The Morgan fingerprint density at radius 2 is 1.89 bits per heavy atom. The highest BCUT2D eigenvalue weighted by Gasteiger charge is 2.22. The van der Waals surface area contributed by atoms with Crippen LogP contribution in [0.15, 0.2) is 30.3 Å². The van der Waals surface area contributed by atoms with Crippen LogP contribution in [-0.4, -0.2) is 35.6 Å². The van der Waals surface area contributed by atoms with E-state index in [-0.39, 0.29) is 5.91 Å². The third kappa shape index (κ3) is 3.33. The fourth-order valence-electron chi connectivity index (χ4n) is 2.50. The molecule has 0 bridgehead atoms. The second kappa shape index (κ2) is 6.55. The number of amides is 1. The molecule has 18 heavy (non-hydrogen) atoms. The summed E-state index contributed by atoms with van der Waals surface area (Å²) >= 11 is 0. The molecule has 98 valence electrons. The Balaban J connectivity index is 1.86. The summed E-state index contributed by atoms with van der Waals surface area (Å²) in [7, 11) is 0. The third-order valence-electron chi connectivity index (χ3n) is 3.48. The Morgan fingerprint density at radius 1 is 1.22 bits per heavy atom. The molecule has 0 saturated carbocycles. The van der Waals surface area contributed by atoms with Crippen LogP contribution in [0.25, 0.3) is 0 Å². The summed E-state index contributed by atoms with van der Waals surface area (Å²) in [5, 5.41) is 4.13. The average molecular weight is 246 g/mol. The minimum Gasteiger partial charge on any atom is -0.276 e. The number of carbonyl (C=O) groups excluding carboxylic acids is 1. The van der Waals surface area contributed by atoms with Gasteiger partial charge in [0.05, 0.1) is 0 Å². The fourth-order valence-corrected chi connectivity index (χ4v) is 2.50. The van der Waals surface area contributed by atoms with Gasteiger partial charge in [-0.3, -0.25) is 9.80 Å². The molecule has 0 radical (unpaired) electrons. The van der Waals surface area contributed by atoms with Crippen LogP contribution in [0.4, 0.5) is 0 Å². The molecule has 1 fully saturated rings. The molecular formula is C15H22N2O. The molecule has 1 aliphatic rings. The van der Waals surface area contributed by atoms with Crippen molar-refractivity contribution in [3.8, 4) is 0 Å². The lowest BCUT2D eigenvalue weighted by Gasteiger charge is -2.30. The van der Waals surface area contributed by atoms with E-state index in [0.29, 0.717) is 6.42 Å². The first-order valence-electron chi connectivity index (χ1n) is 6.90. The molecule has 0 unspecified atom stereocenters. The molecule has 1 aromatic carbocycles. The number of hydrogen-bond acceptors (Lipinski definition) is 2. The molecule has 0 spiro atoms. The molecule has 1 amide bonds. The molecule has 0 aromatic heterocycles.